The van der Waals surface area contributed by atoms with Crippen molar-refractivity contribution in [1.29, 1.82) is 0 Å². The van der Waals surface area contributed by atoms with Crippen molar-refractivity contribution in [1.82, 2.24) is 20.4 Å². The van der Waals surface area contributed by atoms with Crippen molar-refractivity contribution in [2.45, 2.75) is 6.10 Å². The van der Waals surface area contributed by atoms with Crippen LogP contribution in [0.5, 0.6) is 0 Å². The lowest BCUT2D eigenvalue weighted by Crippen LogP contribution is -2.45. The van der Waals surface area contributed by atoms with Crippen LogP contribution >= 0.6 is 0 Å². The number of rotatable bonds is 3. The summed E-state index contributed by atoms with van der Waals surface area (Å²) in [5.41, 5.74) is 0.546. The van der Waals surface area contributed by atoms with Gasteiger partial charge in [0.25, 0.3) is 5.91 Å². The van der Waals surface area contributed by atoms with Gasteiger partial charge in [-0.1, -0.05) is 0 Å². The molecular formula is C10H16N4O2. The molecule has 1 atom stereocenters. The molecular weight excluding hydrogens is 208 g/mol. The highest BCUT2D eigenvalue weighted by Crippen LogP contribution is 2.02. The van der Waals surface area contributed by atoms with E-state index in [1.807, 2.05) is 7.05 Å². The number of amides is 1. The van der Waals surface area contributed by atoms with E-state index in [-0.39, 0.29) is 12.0 Å². The summed E-state index contributed by atoms with van der Waals surface area (Å²) in [6, 6.07) is 0. The first kappa shape index (κ1) is 11.1. The van der Waals surface area contributed by atoms with Gasteiger partial charge >= 0.3 is 0 Å². The highest BCUT2D eigenvalue weighted by atomic mass is 16.5. The van der Waals surface area contributed by atoms with E-state index in [4.69, 9.17) is 4.74 Å². The summed E-state index contributed by atoms with van der Waals surface area (Å²) in [6.07, 6.45) is 3.15. The number of likely N-dealkylation sites (N-methyl/N-ethyl adjacent to an activating group) is 1. The zero-order valence-electron chi connectivity index (χ0n) is 9.27. The summed E-state index contributed by atoms with van der Waals surface area (Å²) in [6.45, 7) is 3.06. The van der Waals surface area contributed by atoms with Crippen LogP contribution in [0.15, 0.2) is 12.4 Å². The van der Waals surface area contributed by atoms with Gasteiger partial charge in [-0.05, 0) is 7.05 Å². The minimum atomic E-state index is -0.120. The van der Waals surface area contributed by atoms with E-state index in [1.165, 1.54) is 6.20 Å². The fraction of sp³-hybridized carbons (Fsp3) is 0.600. The van der Waals surface area contributed by atoms with Gasteiger partial charge in [0.05, 0.1) is 24.5 Å². The third-order valence-corrected chi connectivity index (χ3v) is 2.59. The summed E-state index contributed by atoms with van der Waals surface area (Å²) in [4.78, 5) is 13.8. The zero-order valence-corrected chi connectivity index (χ0v) is 9.27. The molecule has 88 valence electrons. The van der Waals surface area contributed by atoms with Crippen molar-refractivity contribution in [2.24, 2.45) is 0 Å². The molecule has 0 spiro atoms. The first-order valence-corrected chi connectivity index (χ1v) is 5.33. The molecule has 0 aliphatic carbocycles. The Morgan fingerprint density at radius 2 is 2.69 bits per heavy atom. The lowest BCUT2D eigenvalue weighted by molar-refractivity contribution is -0.0175. The van der Waals surface area contributed by atoms with Gasteiger partial charge in [0, 0.05) is 25.8 Å². The number of nitrogens with one attached hydrogen (secondary N) is 2. The third-order valence-electron chi connectivity index (χ3n) is 2.59. The van der Waals surface area contributed by atoms with Crippen LogP contribution in [-0.4, -0.2) is 60.4 Å². The standard InChI is InChI=1S/C10H16N4O2/c1-14-2-3-16-9(7-14)6-11-10(15)8-4-12-13-5-8/h4-5,9H,2-3,6-7H2,1H3,(H,11,15)(H,12,13)/t9-/m1/s1. The summed E-state index contributed by atoms with van der Waals surface area (Å²) in [5, 5.41) is 9.15. The first-order valence-electron chi connectivity index (χ1n) is 5.33. The van der Waals surface area contributed by atoms with Crippen LogP contribution in [0, 0.1) is 0 Å². The monoisotopic (exact) mass is 224 g/mol. The first-order chi connectivity index (χ1) is 7.75. The molecule has 1 saturated heterocycles. The summed E-state index contributed by atoms with van der Waals surface area (Å²) in [5.74, 6) is -0.120. The van der Waals surface area contributed by atoms with Crippen molar-refractivity contribution >= 4 is 5.91 Å². The van der Waals surface area contributed by atoms with Crippen LogP contribution in [0.1, 0.15) is 10.4 Å². The lowest BCUT2D eigenvalue weighted by Gasteiger charge is -2.30. The van der Waals surface area contributed by atoms with Gasteiger partial charge in [0.1, 0.15) is 0 Å². The van der Waals surface area contributed by atoms with Gasteiger partial charge in [-0.2, -0.15) is 5.10 Å². The number of carbonyl (C=O) groups excluding carboxylic acids is 1. The second-order valence-electron chi connectivity index (χ2n) is 3.95. The molecule has 6 nitrogen and oxygen atoms in total. The van der Waals surface area contributed by atoms with E-state index in [2.05, 4.69) is 20.4 Å². The van der Waals surface area contributed by atoms with Crippen LogP contribution in [0.3, 0.4) is 0 Å². The number of ether oxygens (including phenoxy) is 1. The minimum absolute atomic E-state index is 0.0783. The number of aromatic nitrogens is 2. The maximum Gasteiger partial charge on any atom is 0.254 e. The maximum absolute atomic E-state index is 11.6. The zero-order chi connectivity index (χ0) is 11.4. The van der Waals surface area contributed by atoms with Crippen LogP contribution in [-0.2, 0) is 4.74 Å². The van der Waals surface area contributed by atoms with Gasteiger partial charge in [-0.25, -0.2) is 0 Å². The largest absolute Gasteiger partial charge is 0.374 e. The number of hydrogen-bond acceptors (Lipinski definition) is 4. The van der Waals surface area contributed by atoms with E-state index in [0.29, 0.717) is 12.1 Å². The second kappa shape index (κ2) is 5.09. The Labute approximate surface area is 94.0 Å². The molecule has 0 bridgehead atoms. The number of nitrogens with zero attached hydrogens (tertiary/aromatic N) is 2. The molecule has 0 unspecified atom stereocenters. The molecule has 2 heterocycles. The predicted octanol–water partition coefficient (Wildman–Crippen LogP) is -0.530. The molecule has 2 N–H and O–H groups in total. The topological polar surface area (TPSA) is 70.2 Å². The van der Waals surface area contributed by atoms with E-state index in [0.717, 1.165) is 19.7 Å². The van der Waals surface area contributed by atoms with Crippen molar-refractivity contribution in [3.8, 4) is 0 Å². The van der Waals surface area contributed by atoms with Crippen LogP contribution in [0.25, 0.3) is 0 Å². The average Bonchev–Trinajstić information content (AvgIpc) is 2.79. The molecule has 1 aliphatic rings. The molecule has 1 aromatic rings. The smallest absolute Gasteiger partial charge is 0.254 e. The fourth-order valence-electron chi connectivity index (χ4n) is 1.67. The summed E-state index contributed by atoms with van der Waals surface area (Å²) in [7, 11) is 2.05. The van der Waals surface area contributed by atoms with Crippen LogP contribution < -0.4 is 5.32 Å². The molecule has 16 heavy (non-hydrogen) atoms. The average molecular weight is 224 g/mol. The Morgan fingerprint density at radius 1 is 1.81 bits per heavy atom. The van der Waals surface area contributed by atoms with Crippen molar-refractivity contribution < 1.29 is 9.53 Å². The van der Waals surface area contributed by atoms with Gasteiger partial charge in [0.2, 0.25) is 0 Å². The number of carbonyl (C=O) groups is 1. The Morgan fingerprint density at radius 3 is 3.38 bits per heavy atom. The van der Waals surface area contributed by atoms with Crippen LogP contribution in [0.4, 0.5) is 0 Å². The summed E-state index contributed by atoms with van der Waals surface area (Å²) >= 11 is 0. The molecule has 0 radical (unpaired) electrons. The fourth-order valence-corrected chi connectivity index (χ4v) is 1.67. The Kier molecular flexibility index (Phi) is 3.53. The van der Waals surface area contributed by atoms with Gasteiger partial charge in [-0.15, -0.1) is 0 Å². The predicted molar refractivity (Wildman–Crippen MR) is 58.2 cm³/mol. The van der Waals surface area contributed by atoms with Gasteiger partial charge < -0.3 is 15.0 Å². The molecule has 1 fully saturated rings. The number of H-pyrrole nitrogens is 1. The molecule has 0 saturated carbocycles. The number of aromatic amines is 1. The minimum Gasteiger partial charge on any atom is -0.374 e. The highest BCUT2D eigenvalue weighted by molar-refractivity contribution is 5.93. The molecule has 1 aromatic heterocycles. The lowest BCUT2D eigenvalue weighted by atomic mass is 10.2. The molecule has 0 aromatic carbocycles. The molecule has 2 rings (SSSR count). The number of hydrogen-bond donors (Lipinski definition) is 2. The van der Waals surface area contributed by atoms with Crippen LogP contribution in [0.2, 0.25) is 0 Å². The Hall–Kier alpha value is -1.40. The van der Waals surface area contributed by atoms with E-state index in [9.17, 15) is 4.79 Å². The Bertz CT molecular complexity index is 339. The summed E-state index contributed by atoms with van der Waals surface area (Å²) < 4.78 is 5.54. The number of morpholine rings is 1. The second-order valence-corrected chi connectivity index (χ2v) is 3.95. The highest BCUT2D eigenvalue weighted by Gasteiger charge is 2.18. The normalized spacial score (nSPS) is 21.9. The maximum atomic E-state index is 11.6. The van der Waals surface area contributed by atoms with E-state index < -0.39 is 0 Å². The SMILES string of the molecule is CN1CCO[C@H](CNC(=O)c2cn[nH]c2)C1. The Balaban J connectivity index is 1.77. The molecule has 1 amide bonds. The van der Waals surface area contributed by atoms with Gasteiger partial charge in [0.15, 0.2) is 0 Å². The third kappa shape index (κ3) is 2.80. The van der Waals surface area contributed by atoms with Crippen molar-refractivity contribution in [2.75, 3.05) is 33.3 Å². The van der Waals surface area contributed by atoms with E-state index >= 15 is 0 Å². The van der Waals surface area contributed by atoms with Gasteiger partial charge in [-0.3, -0.25) is 9.89 Å². The van der Waals surface area contributed by atoms with E-state index in [1.54, 1.807) is 6.20 Å². The quantitative estimate of drug-likeness (QED) is 0.724. The van der Waals surface area contributed by atoms with Crippen molar-refractivity contribution in [3.63, 3.8) is 0 Å². The molecule has 1 aliphatic heterocycles. The molecule has 6 heteroatoms. The van der Waals surface area contributed by atoms with Crippen molar-refractivity contribution in [3.05, 3.63) is 18.0 Å².